The van der Waals surface area contributed by atoms with Crippen molar-refractivity contribution in [2.45, 2.75) is 19.4 Å². The Bertz CT molecular complexity index is 1330. The van der Waals surface area contributed by atoms with E-state index in [4.69, 9.17) is 31.9 Å². The van der Waals surface area contributed by atoms with Gasteiger partial charge in [-0.1, -0.05) is 35.5 Å². The van der Waals surface area contributed by atoms with Gasteiger partial charge in [-0.25, -0.2) is 4.98 Å². The molecule has 32 heavy (non-hydrogen) atoms. The average Bonchev–Trinajstić information content (AvgIpc) is 3.31. The summed E-state index contributed by atoms with van der Waals surface area (Å²) in [6, 6.07) is 14.7. The molecule has 0 aliphatic heterocycles. The number of carbonyl (C=O) groups is 1. The van der Waals surface area contributed by atoms with Gasteiger partial charge < -0.3 is 24.3 Å². The lowest BCUT2D eigenvalue weighted by Crippen LogP contribution is -2.11. The number of hydrogen-bond acceptors (Lipinski definition) is 8. The van der Waals surface area contributed by atoms with Gasteiger partial charge in [0.25, 0.3) is 0 Å². The maximum absolute atomic E-state index is 12.6. The molecule has 0 bridgehead atoms. The smallest absolute Gasteiger partial charge is 0.201 e. The lowest BCUT2D eigenvalue weighted by Gasteiger charge is -2.14. The SMILES string of the molecule is COc1cc2nc(=S)n(CCCC(=O)c3cc(-c4ccccc4)on3)c(N)c2cc1OC. The maximum atomic E-state index is 12.6. The predicted molar refractivity (Wildman–Crippen MR) is 124 cm³/mol. The topological polar surface area (TPSA) is 105 Å². The van der Waals surface area contributed by atoms with Crippen LogP contribution >= 0.6 is 12.2 Å². The summed E-state index contributed by atoms with van der Waals surface area (Å²) in [5.74, 6) is 2.01. The number of nitrogens with two attached hydrogens (primary N) is 1. The van der Waals surface area contributed by atoms with Gasteiger partial charge in [0.05, 0.1) is 19.7 Å². The van der Waals surface area contributed by atoms with Crippen LogP contribution in [0.5, 0.6) is 11.5 Å². The highest BCUT2D eigenvalue weighted by atomic mass is 32.1. The Morgan fingerprint density at radius 3 is 2.56 bits per heavy atom. The quantitative estimate of drug-likeness (QED) is 0.305. The van der Waals surface area contributed by atoms with E-state index in [1.807, 2.05) is 30.3 Å². The summed E-state index contributed by atoms with van der Waals surface area (Å²) in [6.07, 6.45) is 0.789. The Morgan fingerprint density at radius 1 is 1.12 bits per heavy atom. The van der Waals surface area contributed by atoms with Gasteiger partial charge in [-0.3, -0.25) is 4.79 Å². The van der Waals surface area contributed by atoms with Crippen LogP contribution in [-0.4, -0.2) is 34.7 Å². The van der Waals surface area contributed by atoms with Gasteiger partial charge in [-0.15, -0.1) is 0 Å². The first-order valence-electron chi connectivity index (χ1n) is 9.99. The van der Waals surface area contributed by atoms with Gasteiger partial charge >= 0.3 is 0 Å². The monoisotopic (exact) mass is 450 g/mol. The zero-order valence-electron chi connectivity index (χ0n) is 17.7. The van der Waals surface area contributed by atoms with Crippen molar-refractivity contribution in [1.82, 2.24) is 14.7 Å². The largest absolute Gasteiger partial charge is 0.493 e. The fourth-order valence-electron chi connectivity index (χ4n) is 3.46. The predicted octanol–water partition coefficient (Wildman–Crippen LogP) is 4.68. The van der Waals surface area contributed by atoms with Crippen molar-refractivity contribution in [2.24, 2.45) is 0 Å². The number of benzene rings is 2. The molecule has 8 nitrogen and oxygen atoms in total. The molecule has 9 heteroatoms. The average molecular weight is 451 g/mol. The second kappa shape index (κ2) is 9.19. The number of ether oxygens (including phenoxy) is 2. The number of aromatic nitrogens is 3. The molecule has 2 N–H and O–H groups in total. The van der Waals surface area contributed by atoms with Crippen LogP contribution in [-0.2, 0) is 6.54 Å². The third-order valence-corrected chi connectivity index (χ3v) is 5.47. The number of fused-ring (bicyclic) bond motifs is 1. The second-order valence-electron chi connectivity index (χ2n) is 7.12. The van der Waals surface area contributed by atoms with Gasteiger partial charge in [0.15, 0.2) is 23.0 Å². The number of carbonyl (C=O) groups excluding carboxylic acids is 1. The molecule has 0 saturated carbocycles. The number of anilines is 1. The Kier molecular flexibility index (Phi) is 6.18. The summed E-state index contributed by atoms with van der Waals surface area (Å²) in [7, 11) is 3.11. The van der Waals surface area contributed by atoms with E-state index in [0.717, 1.165) is 5.56 Å². The standard InChI is InChI=1S/C23H22N4O4S/c1-29-20-11-15-16(12-21(20)30-2)25-23(32)27(22(15)24)10-6-9-18(28)17-13-19(31-26-17)14-7-4-3-5-8-14/h3-5,7-8,11-13H,6,9-10,24H2,1-2H3. The molecule has 0 atom stereocenters. The fourth-order valence-corrected chi connectivity index (χ4v) is 3.75. The fraction of sp³-hybridized carbons (Fsp3) is 0.217. The molecule has 2 heterocycles. The van der Waals surface area contributed by atoms with Crippen molar-refractivity contribution in [2.75, 3.05) is 20.0 Å². The molecule has 0 fully saturated rings. The van der Waals surface area contributed by atoms with Crippen molar-refractivity contribution in [3.63, 3.8) is 0 Å². The van der Waals surface area contributed by atoms with E-state index in [9.17, 15) is 4.79 Å². The molecule has 0 saturated heterocycles. The number of rotatable bonds is 8. The van der Waals surface area contributed by atoms with Gasteiger partial charge in [0.1, 0.15) is 11.5 Å². The lowest BCUT2D eigenvalue weighted by molar-refractivity contribution is 0.0969. The lowest BCUT2D eigenvalue weighted by atomic mass is 10.1. The third-order valence-electron chi connectivity index (χ3n) is 5.16. The first kappa shape index (κ1) is 21.5. The maximum Gasteiger partial charge on any atom is 0.201 e. The van der Waals surface area contributed by atoms with Crippen LogP contribution in [0.15, 0.2) is 53.1 Å². The number of hydrogen-bond donors (Lipinski definition) is 1. The highest BCUT2D eigenvalue weighted by Crippen LogP contribution is 2.33. The van der Waals surface area contributed by atoms with E-state index in [0.29, 0.717) is 57.4 Å². The van der Waals surface area contributed by atoms with E-state index < -0.39 is 0 Å². The Hall–Kier alpha value is -3.72. The van der Waals surface area contributed by atoms with Crippen LogP contribution in [0.3, 0.4) is 0 Å². The summed E-state index contributed by atoms with van der Waals surface area (Å²) < 4.78 is 18.1. The normalized spacial score (nSPS) is 10.9. The van der Waals surface area contributed by atoms with E-state index >= 15 is 0 Å². The number of ketones is 1. The minimum Gasteiger partial charge on any atom is -0.493 e. The third kappa shape index (κ3) is 4.19. The van der Waals surface area contributed by atoms with Crippen LogP contribution in [0.25, 0.3) is 22.2 Å². The summed E-state index contributed by atoms with van der Waals surface area (Å²) in [5, 5.41) is 4.62. The number of nitrogens with zero attached hydrogens (tertiary/aromatic N) is 3. The van der Waals surface area contributed by atoms with E-state index in [2.05, 4.69) is 10.1 Å². The molecule has 0 spiro atoms. The minimum atomic E-state index is -0.110. The van der Waals surface area contributed by atoms with Crippen molar-refractivity contribution in [3.8, 4) is 22.8 Å². The summed E-state index contributed by atoms with van der Waals surface area (Å²) in [5.41, 5.74) is 8.17. The Morgan fingerprint density at radius 2 is 1.84 bits per heavy atom. The van der Waals surface area contributed by atoms with Crippen LogP contribution in [0.4, 0.5) is 5.82 Å². The minimum absolute atomic E-state index is 0.110. The Labute approximate surface area is 189 Å². The van der Waals surface area contributed by atoms with Crippen molar-refractivity contribution >= 4 is 34.7 Å². The molecule has 4 aromatic rings. The molecule has 0 unspecified atom stereocenters. The van der Waals surface area contributed by atoms with Crippen molar-refractivity contribution < 1.29 is 18.8 Å². The van der Waals surface area contributed by atoms with Crippen LogP contribution in [0, 0.1) is 4.77 Å². The molecule has 0 amide bonds. The molecule has 4 rings (SSSR count). The summed E-state index contributed by atoms with van der Waals surface area (Å²) >= 11 is 5.43. The molecule has 0 radical (unpaired) electrons. The van der Waals surface area contributed by atoms with E-state index in [1.54, 1.807) is 37.0 Å². The number of nitrogen functional groups attached to an aromatic ring is 1. The zero-order chi connectivity index (χ0) is 22.7. The first-order valence-corrected chi connectivity index (χ1v) is 10.4. The molecule has 2 aromatic heterocycles. The summed E-state index contributed by atoms with van der Waals surface area (Å²) in [4.78, 5) is 17.0. The Balaban J connectivity index is 1.49. The second-order valence-corrected chi connectivity index (χ2v) is 7.49. The summed E-state index contributed by atoms with van der Waals surface area (Å²) in [6.45, 7) is 0.442. The van der Waals surface area contributed by atoms with Gasteiger partial charge in [-0.05, 0) is 24.7 Å². The molecule has 0 aliphatic rings. The molecule has 2 aromatic carbocycles. The molecular weight excluding hydrogens is 428 g/mol. The van der Waals surface area contributed by atoms with Crippen LogP contribution in [0.2, 0.25) is 0 Å². The number of Topliss-reactive ketones (excluding diaryl/α,β-unsaturated/α-hetero) is 1. The molecular formula is C23H22N4O4S. The highest BCUT2D eigenvalue weighted by molar-refractivity contribution is 7.71. The van der Waals surface area contributed by atoms with Gasteiger partial charge in [0.2, 0.25) is 4.77 Å². The highest BCUT2D eigenvalue weighted by Gasteiger charge is 2.15. The van der Waals surface area contributed by atoms with Crippen LogP contribution < -0.4 is 15.2 Å². The van der Waals surface area contributed by atoms with Crippen LogP contribution in [0.1, 0.15) is 23.3 Å². The van der Waals surface area contributed by atoms with Gasteiger partial charge in [0, 0.05) is 36.0 Å². The first-order chi connectivity index (χ1) is 15.5. The zero-order valence-corrected chi connectivity index (χ0v) is 18.5. The van der Waals surface area contributed by atoms with Crippen molar-refractivity contribution in [1.29, 1.82) is 0 Å². The van der Waals surface area contributed by atoms with E-state index in [1.165, 1.54) is 0 Å². The van der Waals surface area contributed by atoms with Crippen molar-refractivity contribution in [3.05, 3.63) is 59.0 Å². The van der Waals surface area contributed by atoms with Gasteiger partial charge in [-0.2, -0.15) is 0 Å². The molecule has 0 aliphatic carbocycles. The van der Waals surface area contributed by atoms with E-state index in [-0.39, 0.29) is 12.2 Å². The number of methoxy groups -OCH3 is 2. The molecule has 164 valence electrons.